The summed E-state index contributed by atoms with van der Waals surface area (Å²) in [5.74, 6) is -1.53. The lowest BCUT2D eigenvalue weighted by atomic mass is 10.0. The quantitative estimate of drug-likeness (QED) is 0.534. The van der Waals surface area contributed by atoms with Crippen molar-refractivity contribution in [3.05, 3.63) is 101 Å². The van der Waals surface area contributed by atoms with Crippen molar-refractivity contribution in [1.29, 1.82) is 0 Å². The highest BCUT2D eigenvalue weighted by atomic mass is 16.4. The number of carboxylic acid groups (broad SMARTS) is 1. The Morgan fingerprint density at radius 1 is 1.00 bits per heavy atom. The van der Waals surface area contributed by atoms with Crippen LogP contribution in [0.2, 0.25) is 0 Å². The van der Waals surface area contributed by atoms with Gasteiger partial charge in [0.05, 0.1) is 12.1 Å². The van der Waals surface area contributed by atoms with Gasteiger partial charge in [-0.3, -0.25) is 9.59 Å². The van der Waals surface area contributed by atoms with Crippen molar-refractivity contribution in [1.82, 2.24) is 4.90 Å². The number of carboxylic acids is 1. The first-order valence-corrected chi connectivity index (χ1v) is 10.4. The number of benzene rings is 3. The molecule has 162 valence electrons. The summed E-state index contributed by atoms with van der Waals surface area (Å²) < 4.78 is 0. The molecule has 0 fully saturated rings. The molecule has 0 aliphatic carbocycles. The number of quaternary nitrogens is 1. The third kappa shape index (κ3) is 4.38. The zero-order valence-corrected chi connectivity index (χ0v) is 17.5. The second-order valence-corrected chi connectivity index (χ2v) is 7.75. The maximum Gasteiger partial charge on any atom is 0.335 e. The molecule has 32 heavy (non-hydrogen) atoms. The summed E-state index contributed by atoms with van der Waals surface area (Å²) >= 11 is 0. The van der Waals surface area contributed by atoms with Crippen molar-refractivity contribution in [2.24, 2.45) is 0 Å². The lowest BCUT2D eigenvalue weighted by molar-refractivity contribution is -0.386. The lowest BCUT2D eigenvalue weighted by Gasteiger charge is -2.27. The minimum absolute atomic E-state index is 0.134. The molecule has 0 spiro atoms. The fraction of sp³-hybridized carbons (Fsp3) is 0.160. The molecule has 1 atom stereocenters. The van der Waals surface area contributed by atoms with E-state index in [2.05, 4.69) is 11.1 Å². The Morgan fingerprint density at radius 3 is 2.38 bits per heavy atom. The number of nitrogens with zero attached hydrogens (tertiary/aromatic N) is 1. The zero-order valence-electron chi connectivity index (χ0n) is 17.5. The van der Waals surface area contributed by atoms with Gasteiger partial charge in [0.2, 0.25) is 5.91 Å². The van der Waals surface area contributed by atoms with Crippen molar-refractivity contribution < 1.29 is 25.2 Å². The third-order valence-corrected chi connectivity index (χ3v) is 5.64. The number of rotatable bonds is 7. The van der Waals surface area contributed by atoms with E-state index in [9.17, 15) is 14.4 Å². The van der Waals surface area contributed by atoms with Gasteiger partial charge in [0.25, 0.3) is 5.91 Å². The molecule has 3 aromatic rings. The first-order valence-electron chi connectivity index (χ1n) is 10.4. The van der Waals surface area contributed by atoms with Gasteiger partial charge in [-0.1, -0.05) is 36.4 Å². The maximum atomic E-state index is 13.3. The van der Waals surface area contributed by atoms with Crippen LogP contribution in [0.4, 0.5) is 5.69 Å². The van der Waals surface area contributed by atoms with Gasteiger partial charge in [-0.05, 0) is 47.5 Å². The molecule has 1 heterocycles. The number of carbonyl (C=O) groups is 3. The van der Waals surface area contributed by atoms with Crippen molar-refractivity contribution in [3.63, 3.8) is 0 Å². The molecule has 3 aromatic carbocycles. The van der Waals surface area contributed by atoms with E-state index in [0.29, 0.717) is 30.8 Å². The summed E-state index contributed by atoms with van der Waals surface area (Å²) in [6, 6.07) is 20.5. The van der Waals surface area contributed by atoms with Crippen LogP contribution in [-0.2, 0) is 24.3 Å². The number of nitrogens with one attached hydrogen (secondary N) is 1. The van der Waals surface area contributed by atoms with Crippen LogP contribution in [0.25, 0.3) is 0 Å². The zero-order chi connectivity index (χ0) is 22.7. The number of amides is 2. The normalized spacial score (nSPS) is 13.5. The standard InChI is InChI=1S/C25H23N3O4/c26-14-17-6-11-21-19(12-17)15-28(24(21)30)22(13-16-4-2-1-3-5-16)23(29)27-20-9-7-18(8-10-20)25(31)32/h1-12,22H,13-15,26H2,(H,27,29)(H,31,32)/p+1/t22-/m0/s1. The molecule has 7 nitrogen and oxygen atoms in total. The Hall–Kier alpha value is -3.97. The van der Waals surface area contributed by atoms with Crippen LogP contribution >= 0.6 is 0 Å². The monoisotopic (exact) mass is 430 g/mol. The highest BCUT2D eigenvalue weighted by Gasteiger charge is 2.36. The minimum atomic E-state index is -1.04. The molecule has 4 rings (SSSR count). The molecule has 0 bridgehead atoms. The van der Waals surface area contributed by atoms with Crippen LogP contribution < -0.4 is 11.1 Å². The topological polar surface area (TPSA) is 114 Å². The van der Waals surface area contributed by atoms with Gasteiger partial charge >= 0.3 is 5.97 Å². The van der Waals surface area contributed by atoms with E-state index in [1.54, 1.807) is 23.1 Å². The molecule has 2 amide bonds. The fourth-order valence-corrected chi connectivity index (χ4v) is 3.91. The Kier molecular flexibility index (Phi) is 6.00. The summed E-state index contributed by atoms with van der Waals surface area (Å²) in [6.45, 7) is 0.979. The molecule has 0 aromatic heterocycles. The second kappa shape index (κ2) is 9.03. The molecule has 5 N–H and O–H groups in total. The Bertz CT molecular complexity index is 1160. The molecule has 0 radical (unpaired) electrons. The molecule has 1 aliphatic rings. The van der Waals surface area contributed by atoms with Gasteiger partial charge in [0, 0.05) is 29.8 Å². The fourth-order valence-electron chi connectivity index (χ4n) is 3.91. The van der Waals surface area contributed by atoms with E-state index in [-0.39, 0.29) is 17.4 Å². The van der Waals surface area contributed by atoms with E-state index < -0.39 is 12.0 Å². The summed E-state index contributed by atoms with van der Waals surface area (Å²) in [4.78, 5) is 39.2. The van der Waals surface area contributed by atoms with Crippen LogP contribution in [0.15, 0.2) is 72.8 Å². The van der Waals surface area contributed by atoms with E-state index >= 15 is 0 Å². The molecule has 7 heteroatoms. The van der Waals surface area contributed by atoms with Crippen molar-refractivity contribution in [2.75, 3.05) is 5.32 Å². The van der Waals surface area contributed by atoms with Gasteiger partial charge in [-0.15, -0.1) is 0 Å². The highest BCUT2D eigenvalue weighted by Crippen LogP contribution is 2.27. The average molecular weight is 430 g/mol. The number of aromatic carboxylic acids is 1. The molecule has 1 aliphatic heterocycles. The van der Waals surface area contributed by atoms with Crippen molar-refractivity contribution in [3.8, 4) is 0 Å². The van der Waals surface area contributed by atoms with Crippen LogP contribution in [0.5, 0.6) is 0 Å². The van der Waals surface area contributed by atoms with Crippen LogP contribution in [0.3, 0.4) is 0 Å². The third-order valence-electron chi connectivity index (χ3n) is 5.64. The minimum Gasteiger partial charge on any atom is -0.478 e. The van der Waals surface area contributed by atoms with E-state index in [1.807, 2.05) is 42.5 Å². The molecular formula is C25H24N3O4+. The SMILES string of the molecule is [NH3+]Cc1ccc2c(c1)CN([C@@H](Cc1ccccc1)C(=O)Nc1ccc(C(=O)O)cc1)C2=O. The van der Waals surface area contributed by atoms with Crippen LogP contribution in [-0.4, -0.2) is 33.8 Å². The number of anilines is 1. The first kappa shape index (κ1) is 21.3. The molecular weight excluding hydrogens is 406 g/mol. The average Bonchev–Trinajstić information content (AvgIpc) is 3.13. The van der Waals surface area contributed by atoms with Gasteiger partial charge in [-0.2, -0.15) is 0 Å². The summed E-state index contributed by atoms with van der Waals surface area (Å²) in [5, 5.41) is 11.9. The summed E-state index contributed by atoms with van der Waals surface area (Å²) in [6.07, 6.45) is 0.363. The van der Waals surface area contributed by atoms with Gasteiger partial charge in [0.1, 0.15) is 6.04 Å². The largest absolute Gasteiger partial charge is 0.478 e. The van der Waals surface area contributed by atoms with E-state index in [1.165, 1.54) is 12.1 Å². The Labute approximate surface area is 185 Å². The smallest absolute Gasteiger partial charge is 0.335 e. The van der Waals surface area contributed by atoms with Gasteiger partial charge in [-0.25, -0.2) is 4.79 Å². The summed E-state index contributed by atoms with van der Waals surface area (Å²) in [5.41, 5.74) is 8.00. The Balaban J connectivity index is 1.61. The highest BCUT2D eigenvalue weighted by molar-refractivity contribution is 6.03. The number of fused-ring (bicyclic) bond motifs is 1. The molecule has 0 unspecified atom stereocenters. The molecule has 0 saturated heterocycles. The molecule has 0 saturated carbocycles. The second-order valence-electron chi connectivity index (χ2n) is 7.75. The van der Waals surface area contributed by atoms with Crippen molar-refractivity contribution in [2.45, 2.75) is 25.6 Å². The maximum absolute atomic E-state index is 13.3. The van der Waals surface area contributed by atoms with Gasteiger partial charge < -0.3 is 21.1 Å². The number of hydrogen-bond donors (Lipinski definition) is 3. The van der Waals surface area contributed by atoms with E-state index in [0.717, 1.165) is 16.7 Å². The van der Waals surface area contributed by atoms with Crippen LogP contribution in [0.1, 0.15) is 37.4 Å². The number of carbonyl (C=O) groups excluding carboxylic acids is 2. The van der Waals surface area contributed by atoms with E-state index in [4.69, 9.17) is 5.11 Å². The van der Waals surface area contributed by atoms with Gasteiger partial charge in [0.15, 0.2) is 0 Å². The first-order chi connectivity index (χ1) is 15.5. The number of hydrogen-bond acceptors (Lipinski definition) is 3. The predicted molar refractivity (Wildman–Crippen MR) is 119 cm³/mol. The Morgan fingerprint density at radius 2 is 1.72 bits per heavy atom. The van der Waals surface area contributed by atoms with Crippen LogP contribution in [0, 0.1) is 0 Å². The lowest BCUT2D eigenvalue weighted by Crippen LogP contribution is -2.47. The van der Waals surface area contributed by atoms with Crippen molar-refractivity contribution >= 4 is 23.5 Å². The predicted octanol–water partition coefficient (Wildman–Crippen LogP) is 2.33. The summed E-state index contributed by atoms with van der Waals surface area (Å²) in [7, 11) is 0.